The molecule has 1 aromatic heterocycles. The molecule has 0 spiro atoms. The average Bonchev–Trinajstić information content (AvgIpc) is 2.30. The number of hydrogen-bond donors (Lipinski definition) is 1. The third-order valence-corrected chi connectivity index (χ3v) is 2.66. The van der Waals surface area contributed by atoms with Crippen LogP contribution < -0.4 is 0 Å². The van der Waals surface area contributed by atoms with E-state index in [1.165, 1.54) is 6.42 Å². The van der Waals surface area contributed by atoms with Crippen molar-refractivity contribution < 1.29 is 5.11 Å². The van der Waals surface area contributed by atoms with Crippen LogP contribution in [0.4, 0.5) is 0 Å². The monoisotopic (exact) mass is 223 g/mol. The fraction of sp³-hybridized carbons (Fsp3) is 0.643. The predicted molar refractivity (Wildman–Crippen MR) is 69.2 cm³/mol. The molecule has 0 saturated heterocycles. The molecule has 2 nitrogen and oxygen atoms in total. The number of nitrogens with zero attached hydrogens (tertiary/aromatic N) is 1. The molecule has 1 aromatic rings. The van der Waals surface area contributed by atoms with Gasteiger partial charge in [-0.2, -0.15) is 0 Å². The smallest absolute Gasteiger partial charge is 0.0931 e. The van der Waals surface area contributed by atoms with Crippen LogP contribution in [0.25, 0.3) is 0 Å². The second-order valence-corrected chi connectivity index (χ2v) is 4.38. The Labute approximate surface area is 99.7 Å². The van der Waals surface area contributed by atoms with Gasteiger partial charge in [0.2, 0.25) is 0 Å². The van der Waals surface area contributed by atoms with Gasteiger partial charge in [0.15, 0.2) is 0 Å². The third kappa shape index (κ3) is 3.93. The highest BCUT2D eigenvalue weighted by Crippen LogP contribution is 2.31. The van der Waals surface area contributed by atoms with Crippen LogP contribution in [0, 0.1) is 5.92 Å². The largest absolute Gasteiger partial charge is 0.385 e. The Bertz CT molecular complexity index is 271. The summed E-state index contributed by atoms with van der Waals surface area (Å²) in [4.78, 5) is 4.02. The van der Waals surface area contributed by atoms with Gasteiger partial charge >= 0.3 is 0 Å². The van der Waals surface area contributed by atoms with E-state index in [0.29, 0.717) is 0 Å². The molecule has 1 heterocycles. The van der Waals surface area contributed by atoms with Gasteiger partial charge in [0, 0.05) is 18.0 Å². The molecule has 1 atom stereocenters. The summed E-state index contributed by atoms with van der Waals surface area (Å²) in [5.41, 5.74) is 0.182. The fourth-order valence-corrected chi connectivity index (χ4v) is 1.56. The molecule has 0 saturated carbocycles. The summed E-state index contributed by atoms with van der Waals surface area (Å²) in [6, 6.07) is 3.79. The second kappa shape index (κ2) is 7.39. The summed E-state index contributed by atoms with van der Waals surface area (Å²) in [7, 11) is 0. The minimum absolute atomic E-state index is 0.210. The number of aromatic nitrogens is 1. The quantitative estimate of drug-likeness (QED) is 0.846. The lowest BCUT2D eigenvalue weighted by Crippen LogP contribution is -2.31. The lowest BCUT2D eigenvalue weighted by molar-refractivity contribution is -0.0143. The van der Waals surface area contributed by atoms with Crippen molar-refractivity contribution in [3.8, 4) is 0 Å². The number of pyridine rings is 1. The van der Waals surface area contributed by atoms with E-state index in [9.17, 15) is 5.11 Å². The van der Waals surface area contributed by atoms with E-state index in [4.69, 9.17) is 0 Å². The third-order valence-electron chi connectivity index (χ3n) is 2.66. The van der Waals surface area contributed by atoms with E-state index in [0.717, 1.165) is 12.0 Å². The molecule has 92 valence electrons. The van der Waals surface area contributed by atoms with Gasteiger partial charge in [-0.15, -0.1) is 0 Å². The minimum atomic E-state index is -0.728. The van der Waals surface area contributed by atoms with Crippen LogP contribution in [0.15, 0.2) is 24.5 Å². The summed E-state index contributed by atoms with van der Waals surface area (Å²) in [5.74, 6) is 0.210. The molecule has 0 aliphatic carbocycles. The van der Waals surface area contributed by atoms with Crippen molar-refractivity contribution in [2.75, 3.05) is 0 Å². The molecule has 0 aliphatic rings. The average molecular weight is 223 g/mol. The highest BCUT2D eigenvalue weighted by molar-refractivity contribution is 5.18. The second-order valence-electron chi connectivity index (χ2n) is 4.38. The molecule has 0 radical (unpaired) electrons. The Hall–Kier alpha value is -0.890. The first-order valence-electron chi connectivity index (χ1n) is 6.15. The Morgan fingerprint density at radius 1 is 1.31 bits per heavy atom. The van der Waals surface area contributed by atoms with Gasteiger partial charge in [0.25, 0.3) is 0 Å². The van der Waals surface area contributed by atoms with Gasteiger partial charge in [0.05, 0.1) is 5.60 Å². The lowest BCUT2D eigenvalue weighted by atomic mass is 9.82. The first-order valence-corrected chi connectivity index (χ1v) is 6.15. The number of aliphatic hydroxyl groups is 1. The van der Waals surface area contributed by atoms with E-state index in [-0.39, 0.29) is 5.92 Å². The molecule has 2 heteroatoms. The standard InChI is InChI=1S/C11H17NO.C3H8/c1-4-11(13,9(2)3)10-6-5-7-12-8-10;1-3-2/h5-9,13H,4H2,1-3H3;3H2,1-2H3. The van der Waals surface area contributed by atoms with Crippen LogP contribution in [0.5, 0.6) is 0 Å². The summed E-state index contributed by atoms with van der Waals surface area (Å²) in [5, 5.41) is 10.3. The van der Waals surface area contributed by atoms with E-state index < -0.39 is 5.60 Å². The van der Waals surface area contributed by atoms with Crippen molar-refractivity contribution in [2.45, 2.75) is 53.1 Å². The van der Waals surface area contributed by atoms with Gasteiger partial charge in [0.1, 0.15) is 0 Å². The molecular weight excluding hydrogens is 198 g/mol. The normalized spacial score (nSPS) is 13.9. The highest BCUT2D eigenvalue weighted by Gasteiger charge is 2.30. The highest BCUT2D eigenvalue weighted by atomic mass is 16.3. The van der Waals surface area contributed by atoms with Gasteiger partial charge in [-0.05, 0) is 18.4 Å². The number of rotatable bonds is 3. The molecule has 0 bridgehead atoms. The van der Waals surface area contributed by atoms with E-state index in [1.807, 2.05) is 32.9 Å². The maximum atomic E-state index is 10.3. The molecule has 1 unspecified atom stereocenters. The zero-order valence-corrected chi connectivity index (χ0v) is 11.2. The van der Waals surface area contributed by atoms with Crippen LogP contribution >= 0.6 is 0 Å². The van der Waals surface area contributed by atoms with Crippen molar-refractivity contribution >= 4 is 0 Å². The summed E-state index contributed by atoms with van der Waals surface area (Å²) in [6.45, 7) is 10.3. The molecule has 1 rings (SSSR count). The lowest BCUT2D eigenvalue weighted by Gasteiger charge is -2.31. The SMILES string of the molecule is CCC.CCC(O)(c1cccnc1)C(C)C. The van der Waals surface area contributed by atoms with Crippen molar-refractivity contribution in [3.63, 3.8) is 0 Å². The van der Waals surface area contributed by atoms with Crippen LogP contribution in [-0.2, 0) is 5.60 Å². The molecule has 0 aromatic carbocycles. The van der Waals surface area contributed by atoms with Crippen molar-refractivity contribution in [2.24, 2.45) is 5.92 Å². The molecule has 0 fully saturated rings. The molecule has 0 amide bonds. The van der Waals surface area contributed by atoms with Crippen LogP contribution in [0.3, 0.4) is 0 Å². The summed E-state index contributed by atoms with van der Waals surface area (Å²) in [6.07, 6.45) is 5.43. The summed E-state index contributed by atoms with van der Waals surface area (Å²) < 4.78 is 0. The Kier molecular flexibility index (Phi) is 6.98. The van der Waals surface area contributed by atoms with Gasteiger partial charge in [-0.3, -0.25) is 4.98 Å². The first-order chi connectivity index (χ1) is 7.52. The minimum Gasteiger partial charge on any atom is -0.385 e. The van der Waals surface area contributed by atoms with Crippen molar-refractivity contribution in [1.29, 1.82) is 0 Å². The van der Waals surface area contributed by atoms with Crippen molar-refractivity contribution in [3.05, 3.63) is 30.1 Å². The van der Waals surface area contributed by atoms with Crippen LogP contribution in [0.1, 0.15) is 53.0 Å². The van der Waals surface area contributed by atoms with E-state index in [1.54, 1.807) is 12.4 Å². The Morgan fingerprint density at radius 3 is 2.19 bits per heavy atom. The van der Waals surface area contributed by atoms with Crippen LogP contribution in [-0.4, -0.2) is 10.1 Å². The maximum absolute atomic E-state index is 10.3. The van der Waals surface area contributed by atoms with Crippen LogP contribution in [0.2, 0.25) is 0 Å². The molecule has 1 N–H and O–H groups in total. The Balaban J connectivity index is 0.000000673. The fourth-order valence-electron chi connectivity index (χ4n) is 1.56. The van der Waals surface area contributed by atoms with Gasteiger partial charge in [-0.1, -0.05) is 47.1 Å². The maximum Gasteiger partial charge on any atom is 0.0931 e. The molecular formula is C14H25NO. The number of hydrogen-bond acceptors (Lipinski definition) is 2. The zero-order valence-electron chi connectivity index (χ0n) is 11.2. The van der Waals surface area contributed by atoms with E-state index in [2.05, 4.69) is 18.8 Å². The van der Waals surface area contributed by atoms with Gasteiger partial charge in [-0.25, -0.2) is 0 Å². The predicted octanol–water partition coefficient (Wildman–Crippen LogP) is 3.75. The zero-order chi connectivity index (χ0) is 12.6. The van der Waals surface area contributed by atoms with Crippen molar-refractivity contribution in [1.82, 2.24) is 4.98 Å². The molecule has 16 heavy (non-hydrogen) atoms. The molecule has 0 aliphatic heterocycles. The Morgan fingerprint density at radius 2 is 1.88 bits per heavy atom. The topological polar surface area (TPSA) is 33.1 Å². The summed E-state index contributed by atoms with van der Waals surface area (Å²) >= 11 is 0. The van der Waals surface area contributed by atoms with Gasteiger partial charge < -0.3 is 5.11 Å². The first kappa shape index (κ1) is 15.1. The van der Waals surface area contributed by atoms with E-state index >= 15 is 0 Å².